The zero-order chi connectivity index (χ0) is 19.7. The highest BCUT2D eigenvalue weighted by Crippen LogP contribution is 2.22. The summed E-state index contributed by atoms with van der Waals surface area (Å²) in [5, 5.41) is 2.49. The molecule has 28 heavy (non-hydrogen) atoms. The third kappa shape index (κ3) is 3.88. The molecule has 0 aliphatic carbocycles. The molecule has 0 saturated carbocycles. The van der Waals surface area contributed by atoms with E-state index in [-0.39, 0.29) is 23.2 Å². The molecule has 0 spiro atoms. The van der Waals surface area contributed by atoms with E-state index in [0.29, 0.717) is 24.1 Å². The van der Waals surface area contributed by atoms with E-state index in [0.717, 1.165) is 35.5 Å². The summed E-state index contributed by atoms with van der Waals surface area (Å²) in [6, 6.07) is 8.93. The number of ether oxygens (including phenoxy) is 1. The van der Waals surface area contributed by atoms with E-state index < -0.39 is 0 Å². The molecule has 0 radical (unpaired) electrons. The molecular weight excluding hydrogens is 374 g/mol. The Morgan fingerprint density at radius 3 is 2.79 bits per heavy atom. The predicted octanol–water partition coefficient (Wildman–Crippen LogP) is 4.29. The molecule has 3 heterocycles. The van der Waals surface area contributed by atoms with Gasteiger partial charge in [0.15, 0.2) is 11.2 Å². The summed E-state index contributed by atoms with van der Waals surface area (Å²) < 4.78 is 11.6. The van der Waals surface area contributed by atoms with E-state index in [1.807, 2.05) is 43.5 Å². The normalized spacial score (nSPS) is 16.6. The molecule has 1 saturated heterocycles. The first-order valence-electron chi connectivity index (χ1n) is 9.49. The van der Waals surface area contributed by atoms with Crippen molar-refractivity contribution in [2.24, 2.45) is 0 Å². The molecule has 0 N–H and O–H groups in total. The fourth-order valence-corrected chi connectivity index (χ4v) is 4.24. The lowest BCUT2D eigenvalue weighted by atomic mass is 10.1. The van der Waals surface area contributed by atoms with Crippen LogP contribution in [0.2, 0.25) is 0 Å². The first-order chi connectivity index (χ1) is 13.5. The summed E-state index contributed by atoms with van der Waals surface area (Å²) >= 11 is 1.60. The molecule has 3 aromatic rings. The quantitative estimate of drug-likeness (QED) is 0.644. The van der Waals surface area contributed by atoms with Crippen molar-refractivity contribution in [3.63, 3.8) is 0 Å². The van der Waals surface area contributed by atoms with Gasteiger partial charge in [-0.15, -0.1) is 11.3 Å². The molecule has 1 atom stereocenters. The second kappa shape index (κ2) is 7.89. The van der Waals surface area contributed by atoms with Crippen molar-refractivity contribution in [3.8, 4) is 0 Å². The van der Waals surface area contributed by atoms with Crippen molar-refractivity contribution in [3.05, 3.63) is 67.7 Å². The minimum Gasteiger partial charge on any atom is -0.451 e. The molecule has 2 aromatic heterocycles. The lowest BCUT2D eigenvalue weighted by Gasteiger charge is -2.24. The first kappa shape index (κ1) is 18.9. The van der Waals surface area contributed by atoms with Gasteiger partial charge in [0.05, 0.1) is 18.0 Å². The van der Waals surface area contributed by atoms with Crippen LogP contribution in [0.15, 0.2) is 44.9 Å². The third-order valence-electron chi connectivity index (χ3n) is 5.22. The van der Waals surface area contributed by atoms with Gasteiger partial charge >= 0.3 is 0 Å². The minimum absolute atomic E-state index is 0.0287. The van der Waals surface area contributed by atoms with Crippen LogP contribution in [0.1, 0.15) is 39.4 Å². The molecule has 1 aliphatic rings. The van der Waals surface area contributed by atoms with Gasteiger partial charge in [-0.25, -0.2) is 0 Å². The van der Waals surface area contributed by atoms with Gasteiger partial charge in [-0.05, 0) is 61.4 Å². The number of amides is 1. The smallest absolute Gasteiger partial charge is 0.290 e. The summed E-state index contributed by atoms with van der Waals surface area (Å²) in [5.74, 6) is -0.198. The molecule has 146 valence electrons. The van der Waals surface area contributed by atoms with Gasteiger partial charge in [0.1, 0.15) is 5.58 Å². The summed E-state index contributed by atoms with van der Waals surface area (Å²) in [7, 11) is 0. The molecule has 1 aliphatic heterocycles. The largest absolute Gasteiger partial charge is 0.451 e. The number of nitrogens with zero attached hydrogens (tertiary/aromatic N) is 1. The topological polar surface area (TPSA) is 59.8 Å². The number of benzene rings is 1. The number of carbonyl (C=O) groups excluding carboxylic acids is 1. The monoisotopic (exact) mass is 397 g/mol. The Hall–Kier alpha value is -2.44. The van der Waals surface area contributed by atoms with Gasteiger partial charge < -0.3 is 14.1 Å². The van der Waals surface area contributed by atoms with E-state index in [4.69, 9.17) is 9.15 Å². The number of aryl methyl sites for hydroxylation is 2. The van der Waals surface area contributed by atoms with Crippen LogP contribution in [0.4, 0.5) is 0 Å². The highest BCUT2D eigenvalue weighted by Gasteiger charge is 2.26. The average Bonchev–Trinajstić information content (AvgIpc) is 3.36. The first-order valence-corrected chi connectivity index (χ1v) is 10.4. The van der Waals surface area contributed by atoms with E-state index >= 15 is 0 Å². The lowest BCUT2D eigenvalue weighted by molar-refractivity contribution is 0.0486. The number of fused-ring (bicyclic) bond motifs is 1. The van der Waals surface area contributed by atoms with Crippen molar-refractivity contribution in [2.75, 3.05) is 13.2 Å². The summed E-state index contributed by atoms with van der Waals surface area (Å²) in [6.45, 7) is 5.62. The highest BCUT2D eigenvalue weighted by atomic mass is 32.1. The maximum Gasteiger partial charge on any atom is 0.290 e. The summed E-state index contributed by atoms with van der Waals surface area (Å²) in [6.07, 6.45) is 1.98. The van der Waals surface area contributed by atoms with E-state index in [2.05, 4.69) is 0 Å². The van der Waals surface area contributed by atoms with Crippen LogP contribution in [0.3, 0.4) is 0 Å². The highest BCUT2D eigenvalue weighted by molar-refractivity contribution is 7.09. The van der Waals surface area contributed by atoms with Crippen LogP contribution in [0.5, 0.6) is 0 Å². The van der Waals surface area contributed by atoms with Gasteiger partial charge in [-0.3, -0.25) is 9.59 Å². The lowest BCUT2D eigenvalue weighted by Crippen LogP contribution is -2.37. The molecule has 6 heteroatoms. The van der Waals surface area contributed by atoms with Gasteiger partial charge in [0.2, 0.25) is 0 Å². The van der Waals surface area contributed by atoms with Crippen molar-refractivity contribution < 1.29 is 13.9 Å². The summed E-state index contributed by atoms with van der Waals surface area (Å²) in [5.41, 5.74) is 2.31. The number of rotatable bonds is 5. The number of carbonyl (C=O) groups is 1. The average molecular weight is 397 g/mol. The van der Waals surface area contributed by atoms with Crippen molar-refractivity contribution in [1.82, 2.24) is 4.90 Å². The third-order valence-corrected chi connectivity index (χ3v) is 6.08. The van der Waals surface area contributed by atoms with Crippen molar-refractivity contribution >= 4 is 28.2 Å². The SMILES string of the molecule is Cc1cc2oc(C(=O)N(Cc3cccs3)C[C@@H]3CCCO3)cc(=O)c2cc1C. The van der Waals surface area contributed by atoms with Crippen LogP contribution >= 0.6 is 11.3 Å². The van der Waals surface area contributed by atoms with Crippen LogP contribution < -0.4 is 5.43 Å². The molecule has 4 rings (SSSR count). The van der Waals surface area contributed by atoms with Gasteiger partial charge in [0.25, 0.3) is 5.91 Å². The molecule has 1 aromatic carbocycles. The zero-order valence-corrected chi connectivity index (χ0v) is 16.9. The Morgan fingerprint density at radius 2 is 2.07 bits per heavy atom. The maximum atomic E-state index is 13.2. The van der Waals surface area contributed by atoms with E-state index in [1.54, 1.807) is 16.2 Å². The Kier molecular flexibility index (Phi) is 5.33. The zero-order valence-electron chi connectivity index (χ0n) is 16.1. The van der Waals surface area contributed by atoms with Crippen LogP contribution in [-0.2, 0) is 11.3 Å². The van der Waals surface area contributed by atoms with E-state index in [1.165, 1.54) is 6.07 Å². The number of thiophene rings is 1. The van der Waals surface area contributed by atoms with Crippen LogP contribution in [0.25, 0.3) is 11.0 Å². The maximum absolute atomic E-state index is 13.2. The van der Waals surface area contributed by atoms with Gasteiger partial charge in [-0.2, -0.15) is 0 Å². The fraction of sp³-hybridized carbons (Fsp3) is 0.364. The second-order valence-corrected chi connectivity index (χ2v) is 8.34. The Bertz CT molecular complexity index is 1050. The Labute approximate surface area is 167 Å². The fourth-order valence-electron chi connectivity index (χ4n) is 3.52. The van der Waals surface area contributed by atoms with Crippen LogP contribution in [-0.4, -0.2) is 30.1 Å². The Balaban J connectivity index is 1.68. The predicted molar refractivity (Wildman–Crippen MR) is 110 cm³/mol. The van der Waals surface area contributed by atoms with E-state index in [9.17, 15) is 9.59 Å². The van der Waals surface area contributed by atoms with Crippen LogP contribution in [0, 0.1) is 13.8 Å². The van der Waals surface area contributed by atoms with Gasteiger partial charge in [0, 0.05) is 24.1 Å². The second-order valence-electron chi connectivity index (χ2n) is 7.31. The number of hydrogen-bond donors (Lipinski definition) is 0. The van der Waals surface area contributed by atoms with Crippen molar-refractivity contribution in [2.45, 2.75) is 39.3 Å². The molecule has 1 fully saturated rings. The van der Waals surface area contributed by atoms with Crippen molar-refractivity contribution in [1.29, 1.82) is 0 Å². The molecule has 0 bridgehead atoms. The minimum atomic E-state index is -0.277. The number of hydrogen-bond acceptors (Lipinski definition) is 5. The summed E-state index contributed by atoms with van der Waals surface area (Å²) in [4.78, 5) is 28.7. The molecule has 5 nitrogen and oxygen atoms in total. The molecule has 0 unspecified atom stereocenters. The molecular formula is C22H23NO4S. The van der Waals surface area contributed by atoms with Gasteiger partial charge in [-0.1, -0.05) is 6.07 Å². The standard InChI is InChI=1S/C22H23NO4S/c1-14-9-18-19(24)11-21(27-20(18)10-15(14)2)22(25)23(12-16-5-3-7-26-16)13-17-6-4-8-28-17/h4,6,8-11,16H,3,5,7,12-13H2,1-2H3/t16-/m0/s1. The Morgan fingerprint density at radius 1 is 1.25 bits per heavy atom. The molecule has 1 amide bonds.